The maximum absolute atomic E-state index is 12.1. The van der Waals surface area contributed by atoms with Crippen LogP contribution in [0.15, 0.2) is 41.3 Å². The average molecular weight is 315 g/mol. The molecule has 1 N–H and O–H groups in total. The van der Waals surface area contributed by atoms with E-state index >= 15 is 0 Å². The Morgan fingerprint density at radius 3 is 2.78 bits per heavy atom. The minimum absolute atomic E-state index is 0.0235. The van der Waals surface area contributed by atoms with Gasteiger partial charge in [-0.2, -0.15) is 0 Å². The Morgan fingerprint density at radius 1 is 1.17 bits per heavy atom. The molecule has 3 rings (SSSR count). The van der Waals surface area contributed by atoms with Crippen molar-refractivity contribution in [1.29, 1.82) is 0 Å². The van der Waals surface area contributed by atoms with Gasteiger partial charge in [0, 0.05) is 43.8 Å². The number of pyridine rings is 1. The minimum Gasteiger partial charge on any atom is -0.379 e. The maximum atomic E-state index is 12.1. The van der Waals surface area contributed by atoms with Crippen molar-refractivity contribution in [2.45, 2.75) is 6.54 Å². The number of morpholine rings is 1. The maximum Gasteiger partial charge on any atom is 0.239 e. The van der Waals surface area contributed by atoms with Crippen LogP contribution >= 0.6 is 0 Å². The summed E-state index contributed by atoms with van der Waals surface area (Å²) in [6, 6.07) is 8.84. The van der Waals surface area contributed by atoms with E-state index < -0.39 is 0 Å². The molecule has 122 valence electrons. The van der Waals surface area contributed by atoms with Crippen molar-refractivity contribution >= 4 is 16.8 Å². The Labute approximate surface area is 134 Å². The fraction of sp³-hybridized carbons (Fsp3) is 0.412. The van der Waals surface area contributed by atoms with Crippen molar-refractivity contribution in [2.24, 2.45) is 0 Å². The molecule has 0 unspecified atom stereocenters. The van der Waals surface area contributed by atoms with Crippen molar-refractivity contribution in [1.82, 2.24) is 14.8 Å². The Bertz CT molecular complexity index is 735. The van der Waals surface area contributed by atoms with E-state index in [9.17, 15) is 9.59 Å². The first-order valence-electron chi connectivity index (χ1n) is 7.89. The molecule has 0 saturated carbocycles. The molecule has 0 atom stereocenters. The van der Waals surface area contributed by atoms with Gasteiger partial charge in [-0.15, -0.1) is 0 Å². The first kappa shape index (κ1) is 15.7. The second-order valence-corrected chi connectivity index (χ2v) is 5.63. The summed E-state index contributed by atoms with van der Waals surface area (Å²) in [4.78, 5) is 26.2. The summed E-state index contributed by atoms with van der Waals surface area (Å²) in [6.07, 6.45) is 1.67. The molecule has 1 aliphatic rings. The first-order valence-corrected chi connectivity index (χ1v) is 7.89. The highest BCUT2D eigenvalue weighted by atomic mass is 16.5. The van der Waals surface area contributed by atoms with Crippen molar-refractivity contribution in [3.63, 3.8) is 0 Å². The molecule has 0 radical (unpaired) electrons. The quantitative estimate of drug-likeness (QED) is 0.870. The summed E-state index contributed by atoms with van der Waals surface area (Å²) in [5, 5.41) is 3.57. The molecular formula is C17H21N3O3. The highest BCUT2D eigenvalue weighted by Gasteiger charge is 2.11. The summed E-state index contributed by atoms with van der Waals surface area (Å²) in [5.41, 5.74) is 0.757. The molecule has 0 bridgehead atoms. The monoisotopic (exact) mass is 315 g/mol. The van der Waals surface area contributed by atoms with Crippen LogP contribution in [0.4, 0.5) is 0 Å². The number of para-hydroxylation sites is 1. The van der Waals surface area contributed by atoms with E-state index in [-0.39, 0.29) is 17.9 Å². The normalized spacial score (nSPS) is 15.7. The average Bonchev–Trinajstić information content (AvgIpc) is 2.59. The number of fused-ring (bicyclic) bond motifs is 1. The third-order valence-electron chi connectivity index (χ3n) is 4.05. The number of rotatable bonds is 5. The number of carbonyl (C=O) groups excluding carboxylic acids is 1. The Kier molecular flexibility index (Phi) is 5.05. The topological polar surface area (TPSA) is 63.6 Å². The van der Waals surface area contributed by atoms with Crippen LogP contribution in [0.5, 0.6) is 0 Å². The van der Waals surface area contributed by atoms with Crippen LogP contribution in [0.2, 0.25) is 0 Å². The molecule has 6 nitrogen and oxygen atoms in total. The summed E-state index contributed by atoms with van der Waals surface area (Å²) in [5.74, 6) is -0.0490. The molecule has 0 aliphatic carbocycles. The van der Waals surface area contributed by atoms with Crippen molar-refractivity contribution in [3.05, 3.63) is 46.8 Å². The van der Waals surface area contributed by atoms with E-state index in [1.54, 1.807) is 16.8 Å². The number of benzene rings is 1. The van der Waals surface area contributed by atoms with Gasteiger partial charge in [-0.05, 0) is 12.1 Å². The molecule has 0 spiro atoms. The number of hydrogen-bond acceptors (Lipinski definition) is 4. The number of amides is 1. The van der Waals surface area contributed by atoms with Gasteiger partial charge in [-0.3, -0.25) is 14.5 Å². The zero-order valence-corrected chi connectivity index (χ0v) is 13.0. The van der Waals surface area contributed by atoms with Gasteiger partial charge < -0.3 is 14.6 Å². The first-order chi connectivity index (χ1) is 11.2. The molecule has 6 heteroatoms. The third kappa shape index (κ3) is 3.97. The van der Waals surface area contributed by atoms with Crippen LogP contribution in [0.3, 0.4) is 0 Å². The fourth-order valence-electron chi connectivity index (χ4n) is 2.79. The van der Waals surface area contributed by atoms with Crippen molar-refractivity contribution in [3.8, 4) is 0 Å². The number of carbonyl (C=O) groups is 1. The number of nitrogens with zero attached hydrogens (tertiary/aromatic N) is 2. The van der Waals surface area contributed by atoms with Gasteiger partial charge in [0.1, 0.15) is 6.54 Å². The zero-order chi connectivity index (χ0) is 16.1. The largest absolute Gasteiger partial charge is 0.379 e. The van der Waals surface area contributed by atoms with Crippen LogP contribution in [0.25, 0.3) is 10.9 Å². The summed E-state index contributed by atoms with van der Waals surface area (Å²) in [7, 11) is 0. The van der Waals surface area contributed by atoms with Crippen LogP contribution in [0, 0.1) is 0 Å². The van der Waals surface area contributed by atoms with Crippen LogP contribution in [-0.2, 0) is 16.1 Å². The number of hydrogen-bond donors (Lipinski definition) is 1. The van der Waals surface area contributed by atoms with Crippen LogP contribution < -0.4 is 10.7 Å². The summed E-state index contributed by atoms with van der Waals surface area (Å²) < 4.78 is 7.11. The lowest BCUT2D eigenvalue weighted by molar-refractivity contribution is -0.121. The molecule has 2 aromatic rings. The van der Waals surface area contributed by atoms with Gasteiger partial charge in [0.25, 0.3) is 0 Å². The van der Waals surface area contributed by atoms with Gasteiger partial charge in [-0.1, -0.05) is 12.1 Å². The summed E-state index contributed by atoms with van der Waals surface area (Å²) >= 11 is 0. The molecule has 1 aliphatic heterocycles. The third-order valence-corrected chi connectivity index (χ3v) is 4.05. The van der Waals surface area contributed by atoms with Gasteiger partial charge in [0.05, 0.1) is 18.7 Å². The lowest BCUT2D eigenvalue weighted by Crippen LogP contribution is -2.41. The predicted octanol–water partition coefficient (Wildman–Crippen LogP) is 0.450. The van der Waals surface area contributed by atoms with Gasteiger partial charge in [-0.25, -0.2) is 0 Å². The SMILES string of the molecule is O=C(Cn1ccc(=O)c2ccccc21)NCCN1CCOCC1. The van der Waals surface area contributed by atoms with E-state index in [1.807, 2.05) is 18.2 Å². The smallest absolute Gasteiger partial charge is 0.239 e. The van der Waals surface area contributed by atoms with Gasteiger partial charge >= 0.3 is 0 Å². The minimum atomic E-state index is -0.0490. The molecule has 1 amide bonds. The second kappa shape index (κ2) is 7.39. The summed E-state index contributed by atoms with van der Waals surface area (Å²) in [6.45, 7) is 5.02. The van der Waals surface area contributed by atoms with Gasteiger partial charge in [0.15, 0.2) is 5.43 Å². The van der Waals surface area contributed by atoms with Gasteiger partial charge in [0.2, 0.25) is 5.91 Å². The lowest BCUT2D eigenvalue weighted by atomic mass is 10.2. The Morgan fingerprint density at radius 2 is 1.96 bits per heavy atom. The Balaban J connectivity index is 1.57. The van der Waals surface area contributed by atoms with Crippen LogP contribution in [-0.4, -0.2) is 54.8 Å². The fourth-order valence-corrected chi connectivity index (χ4v) is 2.79. The molecule has 1 fully saturated rings. The van der Waals surface area contributed by atoms with E-state index in [4.69, 9.17) is 4.74 Å². The highest BCUT2D eigenvalue weighted by molar-refractivity contribution is 5.82. The van der Waals surface area contributed by atoms with E-state index in [0.29, 0.717) is 11.9 Å². The number of aromatic nitrogens is 1. The van der Waals surface area contributed by atoms with Crippen LogP contribution in [0.1, 0.15) is 0 Å². The Hall–Kier alpha value is -2.18. The molecule has 23 heavy (non-hydrogen) atoms. The van der Waals surface area contributed by atoms with E-state index in [0.717, 1.165) is 38.4 Å². The molecule has 1 aromatic heterocycles. The van der Waals surface area contributed by atoms with Crippen molar-refractivity contribution in [2.75, 3.05) is 39.4 Å². The van der Waals surface area contributed by atoms with E-state index in [1.165, 1.54) is 6.07 Å². The molecule has 1 saturated heterocycles. The zero-order valence-electron chi connectivity index (χ0n) is 13.0. The standard InChI is InChI=1S/C17H21N3O3/c21-16-5-7-20(15-4-2-1-3-14(15)16)13-17(22)18-6-8-19-9-11-23-12-10-19/h1-5,7H,6,8-13H2,(H,18,22). The molecule has 2 heterocycles. The lowest BCUT2D eigenvalue weighted by Gasteiger charge is -2.26. The predicted molar refractivity (Wildman–Crippen MR) is 88.5 cm³/mol. The molecular weight excluding hydrogens is 294 g/mol. The number of nitrogens with one attached hydrogen (secondary N) is 1. The van der Waals surface area contributed by atoms with Crippen molar-refractivity contribution < 1.29 is 9.53 Å². The highest BCUT2D eigenvalue weighted by Crippen LogP contribution is 2.09. The second-order valence-electron chi connectivity index (χ2n) is 5.63. The molecule has 1 aromatic carbocycles. The number of ether oxygens (including phenoxy) is 1. The van der Waals surface area contributed by atoms with E-state index in [2.05, 4.69) is 10.2 Å².